The maximum atomic E-state index is 11.7. The first-order chi connectivity index (χ1) is 8.31. The minimum Gasteiger partial charge on any atom is -0.356 e. The molecule has 0 aromatic heterocycles. The lowest BCUT2D eigenvalue weighted by atomic mass is 9.96. The van der Waals surface area contributed by atoms with E-state index >= 15 is 0 Å². The van der Waals surface area contributed by atoms with Gasteiger partial charge in [-0.1, -0.05) is 27.2 Å². The van der Waals surface area contributed by atoms with Crippen molar-refractivity contribution in [3.63, 3.8) is 0 Å². The highest BCUT2D eigenvalue weighted by Gasteiger charge is 2.26. The maximum absolute atomic E-state index is 11.7. The normalized spacial score (nSPS) is 14.1. The van der Waals surface area contributed by atoms with Crippen LogP contribution in [0.25, 0.3) is 0 Å². The fourth-order valence-electron chi connectivity index (χ4n) is 1.54. The molecule has 2 amide bonds. The molecule has 0 aromatic rings. The first kappa shape index (κ1) is 16.9. The van der Waals surface area contributed by atoms with Crippen LogP contribution in [0.15, 0.2) is 0 Å². The van der Waals surface area contributed by atoms with Gasteiger partial charge in [0.2, 0.25) is 11.8 Å². The van der Waals surface area contributed by atoms with E-state index in [0.717, 1.165) is 6.42 Å². The van der Waals surface area contributed by atoms with Crippen molar-refractivity contribution in [3.8, 4) is 0 Å². The number of carbonyl (C=O) groups excluding carboxylic acids is 2. The van der Waals surface area contributed by atoms with Gasteiger partial charge in [-0.15, -0.1) is 0 Å². The molecule has 5 nitrogen and oxygen atoms in total. The van der Waals surface area contributed by atoms with Crippen LogP contribution in [0.1, 0.15) is 47.0 Å². The van der Waals surface area contributed by atoms with Crippen molar-refractivity contribution in [1.29, 1.82) is 0 Å². The number of carbonyl (C=O) groups is 2. The Labute approximate surface area is 110 Å². The number of hydrogen-bond acceptors (Lipinski definition) is 3. The Morgan fingerprint density at radius 1 is 1.22 bits per heavy atom. The van der Waals surface area contributed by atoms with E-state index in [0.29, 0.717) is 25.9 Å². The predicted molar refractivity (Wildman–Crippen MR) is 73.0 cm³/mol. The highest BCUT2D eigenvalue weighted by atomic mass is 16.2. The van der Waals surface area contributed by atoms with Gasteiger partial charge in [-0.2, -0.15) is 0 Å². The fourth-order valence-corrected chi connectivity index (χ4v) is 1.54. The Kier molecular flexibility index (Phi) is 7.59. The summed E-state index contributed by atoms with van der Waals surface area (Å²) in [6.07, 6.45) is 2.26. The van der Waals surface area contributed by atoms with Gasteiger partial charge in [0.1, 0.15) is 0 Å². The molecule has 0 bridgehead atoms. The molecule has 1 unspecified atom stereocenters. The smallest absolute Gasteiger partial charge is 0.239 e. The molecule has 0 rings (SSSR count). The zero-order chi connectivity index (χ0) is 14.2. The second kappa shape index (κ2) is 8.08. The summed E-state index contributed by atoms with van der Waals surface area (Å²) >= 11 is 0. The summed E-state index contributed by atoms with van der Waals surface area (Å²) in [5, 5.41) is 5.59. The summed E-state index contributed by atoms with van der Waals surface area (Å²) in [4.78, 5) is 23.0. The molecule has 0 aliphatic heterocycles. The van der Waals surface area contributed by atoms with E-state index in [4.69, 9.17) is 5.73 Å². The third-order valence-electron chi connectivity index (χ3n) is 2.75. The van der Waals surface area contributed by atoms with Crippen molar-refractivity contribution >= 4 is 11.8 Å². The molecule has 0 saturated carbocycles. The molecule has 0 radical (unpaired) electrons. The summed E-state index contributed by atoms with van der Waals surface area (Å²) in [6.45, 7) is 8.55. The van der Waals surface area contributed by atoms with Crippen LogP contribution in [0, 0.1) is 5.92 Å². The lowest BCUT2D eigenvalue weighted by Gasteiger charge is -2.22. The number of amides is 2. The second-order valence-corrected chi connectivity index (χ2v) is 5.22. The van der Waals surface area contributed by atoms with Gasteiger partial charge in [0.05, 0.1) is 5.54 Å². The third kappa shape index (κ3) is 6.59. The predicted octanol–water partition coefficient (Wildman–Crippen LogP) is 0.782. The highest BCUT2D eigenvalue weighted by molar-refractivity contribution is 5.85. The lowest BCUT2D eigenvalue weighted by molar-refractivity contribution is -0.126. The summed E-state index contributed by atoms with van der Waals surface area (Å²) in [5.41, 5.74) is 5.10. The van der Waals surface area contributed by atoms with Crippen LogP contribution >= 0.6 is 0 Å². The SMILES string of the molecule is CCCC(C)(N)C(=O)NCCCNC(=O)C(C)C. The first-order valence-corrected chi connectivity index (χ1v) is 6.66. The standard InChI is InChI=1S/C13H27N3O2/c1-5-7-13(4,14)12(18)16-9-6-8-15-11(17)10(2)3/h10H,5-9,14H2,1-4H3,(H,15,17)(H,16,18). The molecule has 0 saturated heterocycles. The minimum atomic E-state index is -0.796. The van der Waals surface area contributed by atoms with Crippen LogP contribution in [-0.2, 0) is 9.59 Å². The van der Waals surface area contributed by atoms with Crippen molar-refractivity contribution < 1.29 is 9.59 Å². The number of nitrogens with one attached hydrogen (secondary N) is 2. The van der Waals surface area contributed by atoms with Crippen LogP contribution in [0.4, 0.5) is 0 Å². The molecule has 0 aromatic carbocycles. The number of hydrogen-bond donors (Lipinski definition) is 3. The van der Waals surface area contributed by atoms with Gasteiger partial charge in [0.25, 0.3) is 0 Å². The molecule has 4 N–H and O–H groups in total. The average molecular weight is 257 g/mol. The maximum Gasteiger partial charge on any atom is 0.239 e. The van der Waals surface area contributed by atoms with E-state index in [2.05, 4.69) is 10.6 Å². The summed E-state index contributed by atoms with van der Waals surface area (Å²) in [5.74, 6) is -0.0908. The monoisotopic (exact) mass is 257 g/mol. The zero-order valence-electron chi connectivity index (χ0n) is 12.0. The lowest BCUT2D eigenvalue weighted by Crippen LogP contribution is -2.51. The van der Waals surface area contributed by atoms with Gasteiger partial charge in [-0.3, -0.25) is 9.59 Å². The van der Waals surface area contributed by atoms with E-state index in [1.54, 1.807) is 6.92 Å². The van der Waals surface area contributed by atoms with Gasteiger partial charge >= 0.3 is 0 Å². The molecule has 0 heterocycles. The van der Waals surface area contributed by atoms with Gasteiger partial charge in [0, 0.05) is 19.0 Å². The van der Waals surface area contributed by atoms with Crippen molar-refractivity contribution in [2.75, 3.05) is 13.1 Å². The Balaban J connectivity index is 3.73. The molecule has 1 atom stereocenters. The Hall–Kier alpha value is -1.10. The molecule has 0 fully saturated rings. The average Bonchev–Trinajstić information content (AvgIpc) is 2.27. The molecule has 0 spiro atoms. The molecule has 0 aliphatic carbocycles. The van der Waals surface area contributed by atoms with Crippen LogP contribution in [-0.4, -0.2) is 30.4 Å². The number of rotatable bonds is 8. The largest absolute Gasteiger partial charge is 0.356 e. The van der Waals surface area contributed by atoms with Crippen LogP contribution in [0.3, 0.4) is 0 Å². The van der Waals surface area contributed by atoms with E-state index in [-0.39, 0.29) is 17.7 Å². The summed E-state index contributed by atoms with van der Waals surface area (Å²) < 4.78 is 0. The van der Waals surface area contributed by atoms with Crippen LogP contribution < -0.4 is 16.4 Å². The zero-order valence-corrected chi connectivity index (χ0v) is 12.0. The van der Waals surface area contributed by atoms with Gasteiger partial charge in [-0.05, 0) is 19.8 Å². The number of nitrogens with two attached hydrogens (primary N) is 1. The fraction of sp³-hybridized carbons (Fsp3) is 0.846. The van der Waals surface area contributed by atoms with Crippen LogP contribution in [0.5, 0.6) is 0 Å². The highest BCUT2D eigenvalue weighted by Crippen LogP contribution is 2.07. The van der Waals surface area contributed by atoms with Gasteiger partial charge in [0.15, 0.2) is 0 Å². The first-order valence-electron chi connectivity index (χ1n) is 6.66. The summed E-state index contributed by atoms with van der Waals surface area (Å²) in [6, 6.07) is 0. The second-order valence-electron chi connectivity index (χ2n) is 5.22. The Morgan fingerprint density at radius 3 is 2.28 bits per heavy atom. The molecular weight excluding hydrogens is 230 g/mol. The van der Waals surface area contributed by atoms with Crippen molar-refractivity contribution in [1.82, 2.24) is 10.6 Å². The van der Waals surface area contributed by atoms with E-state index in [1.165, 1.54) is 0 Å². The Bertz CT molecular complexity index is 275. The molecule has 5 heteroatoms. The quantitative estimate of drug-likeness (QED) is 0.562. The van der Waals surface area contributed by atoms with E-state index < -0.39 is 5.54 Å². The van der Waals surface area contributed by atoms with Crippen molar-refractivity contribution in [2.24, 2.45) is 11.7 Å². The molecular formula is C13H27N3O2. The molecule has 18 heavy (non-hydrogen) atoms. The Morgan fingerprint density at radius 2 is 1.78 bits per heavy atom. The molecule has 0 aliphatic rings. The van der Waals surface area contributed by atoms with E-state index in [1.807, 2.05) is 20.8 Å². The van der Waals surface area contributed by atoms with Gasteiger partial charge in [-0.25, -0.2) is 0 Å². The van der Waals surface area contributed by atoms with Gasteiger partial charge < -0.3 is 16.4 Å². The molecule has 106 valence electrons. The topological polar surface area (TPSA) is 84.2 Å². The third-order valence-corrected chi connectivity index (χ3v) is 2.75. The van der Waals surface area contributed by atoms with Crippen molar-refractivity contribution in [3.05, 3.63) is 0 Å². The summed E-state index contributed by atoms with van der Waals surface area (Å²) in [7, 11) is 0. The minimum absolute atomic E-state index is 0.00326. The van der Waals surface area contributed by atoms with E-state index in [9.17, 15) is 9.59 Å². The van der Waals surface area contributed by atoms with Crippen LogP contribution in [0.2, 0.25) is 0 Å². The van der Waals surface area contributed by atoms with Crippen molar-refractivity contribution in [2.45, 2.75) is 52.5 Å².